The third kappa shape index (κ3) is 3.01. The number of anilines is 1. The molecule has 0 fully saturated rings. The second-order valence-corrected chi connectivity index (χ2v) is 6.86. The summed E-state index contributed by atoms with van der Waals surface area (Å²) in [7, 11) is 0. The second kappa shape index (κ2) is 6.75. The van der Waals surface area contributed by atoms with Gasteiger partial charge in [-0.15, -0.1) is 5.10 Å². The molecule has 1 aromatic heterocycles. The van der Waals surface area contributed by atoms with Gasteiger partial charge in [0.1, 0.15) is 5.82 Å². The van der Waals surface area contributed by atoms with Gasteiger partial charge in [0, 0.05) is 17.9 Å². The van der Waals surface area contributed by atoms with Gasteiger partial charge in [0.15, 0.2) is 0 Å². The molecule has 1 N–H and O–H groups in total. The first kappa shape index (κ1) is 16.5. The largest absolute Gasteiger partial charge is 0.289 e. The molecule has 2 aromatic carbocycles. The summed E-state index contributed by atoms with van der Waals surface area (Å²) in [6, 6.07) is 17.9. The minimum Gasteiger partial charge on any atom is -0.289 e. The lowest BCUT2D eigenvalue weighted by Crippen LogP contribution is -2.25. The van der Waals surface area contributed by atoms with Gasteiger partial charge in [-0.05, 0) is 43.5 Å². The molecule has 5 nitrogen and oxygen atoms in total. The van der Waals surface area contributed by atoms with Crippen LogP contribution in [0.1, 0.15) is 52.6 Å². The fraction of sp³-hybridized carbons (Fsp3) is 0.286. The van der Waals surface area contributed by atoms with Crippen molar-refractivity contribution in [2.45, 2.75) is 38.6 Å². The van der Waals surface area contributed by atoms with Crippen molar-refractivity contribution in [2.24, 2.45) is 0 Å². The van der Waals surface area contributed by atoms with Crippen LogP contribution in [0.5, 0.6) is 0 Å². The fourth-order valence-electron chi connectivity index (χ4n) is 3.78. The highest BCUT2D eigenvalue weighted by Crippen LogP contribution is 2.38. The van der Waals surface area contributed by atoms with E-state index in [1.165, 1.54) is 11.1 Å². The number of nitrogens with zero attached hydrogens (tertiary/aromatic N) is 3. The summed E-state index contributed by atoms with van der Waals surface area (Å²) in [6.07, 6.45) is 1.90. The summed E-state index contributed by atoms with van der Waals surface area (Å²) in [5.74, 6) is 1.54. The van der Waals surface area contributed by atoms with E-state index in [2.05, 4.69) is 53.5 Å². The van der Waals surface area contributed by atoms with E-state index in [9.17, 15) is 4.79 Å². The highest BCUT2D eigenvalue weighted by molar-refractivity contribution is 6.03. The smallest absolute Gasteiger partial charge is 0.258 e. The maximum Gasteiger partial charge on any atom is 0.258 e. The molecule has 1 aliphatic rings. The molecule has 3 aromatic rings. The van der Waals surface area contributed by atoms with Gasteiger partial charge in [-0.3, -0.25) is 10.1 Å². The predicted octanol–water partition coefficient (Wildman–Crippen LogP) is 4.13. The van der Waals surface area contributed by atoms with Crippen molar-refractivity contribution in [3.8, 4) is 0 Å². The van der Waals surface area contributed by atoms with E-state index in [1.54, 1.807) is 12.1 Å². The Bertz CT molecular complexity index is 932. The van der Waals surface area contributed by atoms with E-state index in [0.29, 0.717) is 17.4 Å². The van der Waals surface area contributed by atoms with Crippen LogP contribution >= 0.6 is 0 Å². The zero-order valence-corrected chi connectivity index (χ0v) is 15.0. The van der Waals surface area contributed by atoms with Crippen LogP contribution in [-0.2, 0) is 6.42 Å². The van der Waals surface area contributed by atoms with Gasteiger partial charge in [-0.1, -0.05) is 42.5 Å². The van der Waals surface area contributed by atoms with Gasteiger partial charge in [-0.2, -0.15) is 4.98 Å². The lowest BCUT2D eigenvalue weighted by Gasteiger charge is -2.30. The standard InChI is InChI=1S/C21H22N4O/c1-14-8-6-7-11-17(14)18-12-13-19-22-21(24-25(19)15(18)2)23-20(26)16-9-4-3-5-10-16/h3-11,15,18H,12-13H2,1-2H3,(H,23,24,26). The molecule has 1 aliphatic heterocycles. The fourth-order valence-corrected chi connectivity index (χ4v) is 3.78. The van der Waals surface area contributed by atoms with Crippen LogP contribution in [-0.4, -0.2) is 20.7 Å². The first-order chi connectivity index (χ1) is 12.6. The average Bonchev–Trinajstić information content (AvgIpc) is 3.07. The van der Waals surface area contributed by atoms with Crippen molar-refractivity contribution in [3.05, 3.63) is 77.1 Å². The van der Waals surface area contributed by atoms with Crippen LogP contribution < -0.4 is 5.32 Å². The quantitative estimate of drug-likeness (QED) is 0.776. The van der Waals surface area contributed by atoms with Crippen molar-refractivity contribution in [2.75, 3.05) is 5.32 Å². The molecule has 0 saturated carbocycles. The van der Waals surface area contributed by atoms with Crippen molar-refractivity contribution in [1.29, 1.82) is 0 Å². The number of fused-ring (bicyclic) bond motifs is 1. The normalized spacial score (nSPS) is 19.0. The molecular weight excluding hydrogens is 324 g/mol. The van der Waals surface area contributed by atoms with Crippen LogP contribution in [0.4, 0.5) is 5.95 Å². The number of hydrogen-bond donors (Lipinski definition) is 1. The zero-order valence-electron chi connectivity index (χ0n) is 15.0. The number of carbonyl (C=O) groups excluding carboxylic acids is 1. The Morgan fingerprint density at radius 2 is 1.85 bits per heavy atom. The minimum atomic E-state index is -0.184. The van der Waals surface area contributed by atoms with Gasteiger partial charge in [0.25, 0.3) is 5.91 Å². The van der Waals surface area contributed by atoms with Gasteiger partial charge >= 0.3 is 0 Å². The molecule has 2 heterocycles. The van der Waals surface area contributed by atoms with Gasteiger partial charge in [-0.25, -0.2) is 4.68 Å². The zero-order chi connectivity index (χ0) is 18.1. The lowest BCUT2D eigenvalue weighted by atomic mass is 9.84. The summed E-state index contributed by atoms with van der Waals surface area (Å²) >= 11 is 0. The van der Waals surface area contributed by atoms with Crippen LogP contribution in [0, 0.1) is 6.92 Å². The van der Waals surface area contributed by atoms with Crippen molar-refractivity contribution in [1.82, 2.24) is 14.8 Å². The van der Waals surface area contributed by atoms with Crippen LogP contribution in [0.25, 0.3) is 0 Å². The highest BCUT2D eigenvalue weighted by Gasteiger charge is 2.30. The number of carbonyl (C=O) groups is 1. The summed E-state index contributed by atoms with van der Waals surface area (Å²) in [5, 5.41) is 7.40. The number of benzene rings is 2. The van der Waals surface area contributed by atoms with Crippen molar-refractivity contribution in [3.63, 3.8) is 0 Å². The van der Waals surface area contributed by atoms with E-state index in [1.807, 2.05) is 22.9 Å². The summed E-state index contributed by atoms with van der Waals surface area (Å²) < 4.78 is 1.97. The van der Waals surface area contributed by atoms with Gasteiger partial charge < -0.3 is 0 Å². The van der Waals surface area contributed by atoms with Crippen molar-refractivity contribution >= 4 is 11.9 Å². The SMILES string of the molecule is Cc1ccccc1C1CCc2nc(NC(=O)c3ccccc3)nn2C1C. The van der Waals surface area contributed by atoms with Gasteiger partial charge in [0.2, 0.25) is 5.95 Å². The number of aryl methyl sites for hydroxylation is 2. The topological polar surface area (TPSA) is 59.8 Å². The van der Waals surface area contributed by atoms with E-state index in [0.717, 1.165) is 18.7 Å². The molecular formula is C21H22N4O. The molecule has 0 radical (unpaired) electrons. The number of hydrogen-bond acceptors (Lipinski definition) is 3. The third-order valence-corrected chi connectivity index (χ3v) is 5.20. The Morgan fingerprint density at radius 1 is 1.12 bits per heavy atom. The minimum absolute atomic E-state index is 0.184. The maximum atomic E-state index is 12.3. The highest BCUT2D eigenvalue weighted by atomic mass is 16.1. The maximum absolute atomic E-state index is 12.3. The average molecular weight is 346 g/mol. The first-order valence-corrected chi connectivity index (χ1v) is 9.01. The number of rotatable bonds is 3. The second-order valence-electron chi connectivity index (χ2n) is 6.86. The number of nitrogens with one attached hydrogen (secondary N) is 1. The lowest BCUT2D eigenvalue weighted by molar-refractivity contribution is 0.102. The van der Waals surface area contributed by atoms with Crippen LogP contribution in [0.3, 0.4) is 0 Å². The summed E-state index contributed by atoms with van der Waals surface area (Å²) in [6.45, 7) is 4.33. The summed E-state index contributed by atoms with van der Waals surface area (Å²) in [4.78, 5) is 16.9. The van der Waals surface area contributed by atoms with E-state index >= 15 is 0 Å². The molecule has 0 aliphatic carbocycles. The monoisotopic (exact) mass is 346 g/mol. The van der Waals surface area contributed by atoms with Gasteiger partial charge in [0.05, 0.1) is 6.04 Å². The molecule has 2 unspecified atom stereocenters. The Morgan fingerprint density at radius 3 is 2.62 bits per heavy atom. The molecule has 2 atom stereocenters. The Balaban J connectivity index is 1.57. The summed E-state index contributed by atoms with van der Waals surface area (Å²) in [5.41, 5.74) is 3.28. The Kier molecular flexibility index (Phi) is 4.29. The number of amides is 1. The number of aromatic nitrogens is 3. The Hall–Kier alpha value is -2.95. The molecule has 0 bridgehead atoms. The molecule has 4 rings (SSSR count). The predicted molar refractivity (Wildman–Crippen MR) is 101 cm³/mol. The molecule has 5 heteroatoms. The Labute approximate surface area is 153 Å². The molecule has 0 spiro atoms. The first-order valence-electron chi connectivity index (χ1n) is 9.01. The van der Waals surface area contributed by atoms with E-state index in [4.69, 9.17) is 0 Å². The van der Waals surface area contributed by atoms with Crippen molar-refractivity contribution < 1.29 is 4.79 Å². The molecule has 1 amide bonds. The third-order valence-electron chi connectivity index (χ3n) is 5.20. The van der Waals surface area contributed by atoms with E-state index < -0.39 is 0 Å². The van der Waals surface area contributed by atoms with Crippen LogP contribution in [0.15, 0.2) is 54.6 Å². The van der Waals surface area contributed by atoms with E-state index in [-0.39, 0.29) is 11.9 Å². The molecule has 26 heavy (non-hydrogen) atoms. The van der Waals surface area contributed by atoms with Crippen LogP contribution in [0.2, 0.25) is 0 Å². The molecule has 0 saturated heterocycles. The molecule has 132 valence electrons.